The summed E-state index contributed by atoms with van der Waals surface area (Å²) in [4.78, 5) is 24.6. The zero-order valence-corrected chi connectivity index (χ0v) is 10.7. The summed E-state index contributed by atoms with van der Waals surface area (Å²) in [5.41, 5.74) is 4.92. The van der Waals surface area contributed by atoms with Gasteiger partial charge in [0.05, 0.1) is 12.1 Å². The minimum absolute atomic E-state index is 0.0611. The second kappa shape index (κ2) is 6.48. The normalized spacial score (nSPS) is 14.1. The number of rotatable bonds is 6. The van der Waals surface area contributed by atoms with E-state index in [1.165, 1.54) is 4.90 Å². The van der Waals surface area contributed by atoms with Gasteiger partial charge in [-0.3, -0.25) is 9.59 Å². The molecule has 0 saturated carbocycles. The molecular weight excluding hydrogens is 206 g/mol. The predicted molar refractivity (Wildman–Crippen MR) is 63.8 cm³/mol. The van der Waals surface area contributed by atoms with Gasteiger partial charge in [-0.25, -0.2) is 0 Å². The highest BCUT2D eigenvalue weighted by Crippen LogP contribution is 2.08. The van der Waals surface area contributed by atoms with Crippen LogP contribution < -0.4 is 11.1 Å². The molecule has 0 aliphatic carbocycles. The maximum Gasteiger partial charge on any atom is 0.242 e. The van der Waals surface area contributed by atoms with E-state index >= 15 is 0 Å². The average Bonchev–Trinajstić information content (AvgIpc) is 2.25. The predicted octanol–water partition coefficient (Wildman–Crippen LogP) is 0.0984. The molecule has 5 heteroatoms. The van der Waals surface area contributed by atoms with Crippen molar-refractivity contribution in [3.63, 3.8) is 0 Å². The van der Waals surface area contributed by atoms with Crippen LogP contribution in [-0.2, 0) is 9.59 Å². The summed E-state index contributed by atoms with van der Waals surface area (Å²) in [6, 6.07) is 0. The lowest BCUT2D eigenvalue weighted by atomic mass is 9.99. The zero-order chi connectivity index (χ0) is 12.8. The molecule has 0 saturated heterocycles. The van der Waals surface area contributed by atoms with Gasteiger partial charge in [0.1, 0.15) is 0 Å². The lowest BCUT2D eigenvalue weighted by Gasteiger charge is -2.27. The van der Waals surface area contributed by atoms with E-state index in [9.17, 15) is 9.59 Å². The molecule has 0 rings (SSSR count). The number of hydrogen-bond donors (Lipinski definition) is 2. The molecule has 0 aliphatic rings. The molecule has 2 amide bonds. The van der Waals surface area contributed by atoms with Crippen LogP contribution in [0.2, 0.25) is 0 Å². The van der Waals surface area contributed by atoms with Crippen molar-refractivity contribution in [1.29, 1.82) is 0 Å². The van der Waals surface area contributed by atoms with Crippen molar-refractivity contribution in [3.8, 4) is 0 Å². The van der Waals surface area contributed by atoms with E-state index in [-0.39, 0.29) is 18.4 Å². The molecule has 1 unspecified atom stereocenters. The molecule has 94 valence electrons. The number of nitrogens with two attached hydrogens (primary N) is 1. The Hall–Kier alpha value is -1.10. The van der Waals surface area contributed by atoms with Crippen LogP contribution in [0.3, 0.4) is 0 Å². The Morgan fingerprint density at radius 1 is 1.38 bits per heavy atom. The fourth-order valence-electron chi connectivity index (χ4n) is 1.19. The van der Waals surface area contributed by atoms with Crippen LogP contribution in [0.1, 0.15) is 33.6 Å². The van der Waals surface area contributed by atoms with Crippen molar-refractivity contribution in [3.05, 3.63) is 0 Å². The maximum absolute atomic E-state index is 11.8. The van der Waals surface area contributed by atoms with Crippen molar-refractivity contribution in [1.82, 2.24) is 10.2 Å². The number of likely N-dealkylation sites (N-methyl/N-ethyl adjacent to an activating group) is 1. The molecule has 3 N–H and O–H groups in total. The van der Waals surface area contributed by atoms with Crippen molar-refractivity contribution >= 4 is 11.8 Å². The molecule has 0 aromatic rings. The fourth-order valence-corrected chi connectivity index (χ4v) is 1.19. The van der Waals surface area contributed by atoms with Gasteiger partial charge in [0.25, 0.3) is 0 Å². The first kappa shape index (κ1) is 14.9. The third-order valence-corrected chi connectivity index (χ3v) is 2.52. The molecule has 5 nitrogen and oxygen atoms in total. The van der Waals surface area contributed by atoms with Crippen LogP contribution in [-0.4, -0.2) is 42.4 Å². The van der Waals surface area contributed by atoms with Crippen LogP contribution in [0, 0.1) is 0 Å². The van der Waals surface area contributed by atoms with E-state index in [0.29, 0.717) is 13.0 Å². The Morgan fingerprint density at radius 2 is 1.94 bits per heavy atom. The standard InChI is InChI=1S/C11H23N3O2/c1-5-7-13-9(15)8-14(4)10(16)11(3,12)6-2/h5-8,12H2,1-4H3,(H,13,15). The van der Waals surface area contributed by atoms with E-state index in [4.69, 9.17) is 5.73 Å². The largest absolute Gasteiger partial charge is 0.355 e. The molecule has 0 fully saturated rings. The molecule has 16 heavy (non-hydrogen) atoms. The minimum atomic E-state index is -0.889. The molecule has 0 radical (unpaired) electrons. The number of carbonyl (C=O) groups excluding carboxylic acids is 2. The monoisotopic (exact) mass is 229 g/mol. The molecular formula is C11H23N3O2. The van der Waals surface area contributed by atoms with E-state index in [1.807, 2.05) is 13.8 Å². The smallest absolute Gasteiger partial charge is 0.242 e. The summed E-state index contributed by atoms with van der Waals surface area (Å²) in [5, 5.41) is 2.71. The van der Waals surface area contributed by atoms with Gasteiger partial charge >= 0.3 is 0 Å². The van der Waals surface area contributed by atoms with E-state index < -0.39 is 5.54 Å². The third kappa shape index (κ3) is 4.61. The van der Waals surface area contributed by atoms with E-state index in [0.717, 1.165) is 6.42 Å². The Bertz CT molecular complexity index is 252. The summed E-state index contributed by atoms with van der Waals surface area (Å²) >= 11 is 0. The van der Waals surface area contributed by atoms with Gasteiger partial charge in [0, 0.05) is 13.6 Å². The highest BCUT2D eigenvalue weighted by Gasteiger charge is 2.29. The van der Waals surface area contributed by atoms with Gasteiger partial charge in [-0.15, -0.1) is 0 Å². The van der Waals surface area contributed by atoms with Gasteiger partial charge in [0.15, 0.2) is 0 Å². The third-order valence-electron chi connectivity index (χ3n) is 2.52. The van der Waals surface area contributed by atoms with Crippen molar-refractivity contribution in [2.75, 3.05) is 20.1 Å². The van der Waals surface area contributed by atoms with Crippen LogP contribution >= 0.6 is 0 Å². The molecule has 0 aromatic carbocycles. The van der Waals surface area contributed by atoms with Crippen LogP contribution in [0.5, 0.6) is 0 Å². The Kier molecular flexibility index (Phi) is 6.03. The fraction of sp³-hybridized carbons (Fsp3) is 0.818. The lowest BCUT2D eigenvalue weighted by Crippen LogP contribution is -2.53. The Morgan fingerprint density at radius 3 is 2.38 bits per heavy atom. The van der Waals surface area contributed by atoms with Crippen LogP contribution in [0.15, 0.2) is 0 Å². The van der Waals surface area contributed by atoms with Crippen molar-refractivity contribution in [2.24, 2.45) is 5.73 Å². The second-order valence-corrected chi connectivity index (χ2v) is 4.28. The van der Waals surface area contributed by atoms with E-state index in [1.54, 1.807) is 14.0 Å². The van der Waals surface area contributed by atoms with Gasteiger partial charge in [-0.2, -0.15) is 0 Å². The molecule has 0 aromatic heterocycles. The summed E-state index contributed by atoms with van der Waals surface area (Å²) in [6.07, 6.45) is 1.43. The number of amides is 2. The molecule has 0 heterocycles. The van der Waals surface area contributed by atoms with Crippen molar-refractivity contribution in [2.45, 2.75) is 39.2 Å². The first-order valence-corrected chi connectivity index (χ1v) is 5.66. The van der Waals surface area contributed by atoms with Gasteiger partial charge < -0.3 is 16.0 Å². The molecule has 0 aliphatic heterocycles. The number of hydrogen-bond acceptors (Lipinski definition) is 3. The maximum atomic E-state index is 11.8. The van der Waals surface area contributed by atoms with E-state index in [2.05, 4.69) is 5.32 Å². The zero-order valence-electron chi connectivity index (χ0n) is 10.7. The average molecular weight is 229 g/mol. The lowest BCUT2D eigenvalue weighted by molar-refractivity contribution is -0.138. The molecule has 1 atom stereocenters. The SMILES string of the molecule is CCCNC(=O)CN(C)C(=O)C(C)(N)CC. The molecule has 0 bridgehead atoms. The number of nitrogens with one attached hydrogen (secondary N) is 1. The highest BCUT2D eigenvalue weighted by molar-refractivity contribution is 5.89. The van der Waals surface area contributed by atoms with Gasteiger partial charge in [-0.1, -0.05) is 13.8 Å². The first-order chi connectivity index (χ1) is 7.35. The second-order valence-electron chi connectivity index (χ2n) is 4.28. The first-order valence-electron chi connectivity index (χ1n) is 5.66. The Labute approximate surface area is 97.4 Å². The van der Waals surface area contributed by atoms with Gasteiger partial charge in [-0.05, 0) is 19.8 Å². The molecule has 0 spiro atoms. The summed E-state index contributed by atoms with van der Waals surface area (Å²) in [6.45, 7) is 6.20. The van der Waals surface area contributed by atoms with Crippen LogP contribution in [0.4, 0.5) is 0 Å². The number of carbonyl (C=O) groups is 2. The minimum Gasteiger partial charge on any atom is -0.355 e. The highest BCUT2D eigenvalue weighted by atomic mass is 16.2. The topological polar surface area (TPSA) is 75.4 Å². The van der Waals surface area contributed by atoms with Crippen molar-refractivity contribution < 1.29 is 9.59 Å². The Balaban J connectivity index is 4.20. The summed E-state index contributed by atoms with van der Waals surface area (Å²) in [5.74, 6) is -0.355. The summed E-state index contributed by atoms with van der Waals surface area (Å²) in [7, 11) is 1.59. The van der Waals surface area contributed by atoms with Crippen LogP contribution in [0.25, 0.3) is 0 Å². The summed E-state index contributed by atoms with van der Waals surface area (Å²) < 4.78 is 0. The quantitative estimate of drug-likeness (QED) is 0.678. The van der Waals surface area contributed by atoms with Gasteiger partial charge in [0.2, 0.25) is 11.8 Å². The number of nitrogens with zero attached hydrogens (tertiary/aromatic N) is 1.